The molecule has 2 aromatic heterocycles. The van der Waals surface area contributed by atoms with Gasteiger partial charge in [-0.2, -0.15) is 5.10 Å². The second-order valence-electron chi connectivity index (χ2n) is 5.43. The van der Waals surface area contributed by atoms with Crippen LogP contribution in [0.5, 0.6) is 0 Å². The Hall–Kier alpha value is -3.41. The van der Waals surface area contributed by atoms with Crippen molar-refractivity contribution in [3.05, 3.63) is 60.4 Å². The van der Waals surface area contributed by atoms with Crippen molar-refractivity contribution >= 4 is 39.3 Å². The van der Waals surface area contributed by atoms with E-state index in [2.05, 4.69) is 20.5 Å². The summed E-state index contributed by atoms with van der Waals surface area (Å²) in [6.07, 6.45) is 1.50. The molecule has 0 saturated carbocycles. The predicted octanol–water partition coefficient (Wildman–Crippen LogP) is 3.79. The second kappa shape index (κ2) is 5.66. The van der Waals surface area contributed by atoms with E-state index in [4.69, 9.17) is 10.2 Å². The first kappa shape index (κ1) is 14.2. The van der Waals surface area contributed by atoms with Crippen LogP contribution in [0.3, 0.4) is 0 Å². The minimum atomic E-state index is 0.533. The second-order valence-corrected chi connectivity index (χ2v) is 5.43. The third-order valence-corrected chi connectivity index (χ3v) is 3.82. The summed E-state index contributed by atoms with van der Waals surface area (Å²) in [5, 5.41) is 5.35. The average Bonchev–Trinajstić information content (AvgIpc) is 2.99. The molecule has 24 heavy (non-hydrogen) atoms. The molecule has 118 valence electrons. The number of nitrogens with zero attached hydrogens (tertiary/aromatic N) is 3. The molecule has 3 N–H and O–H groups in total. The van der Waals surface area contributed by atoms with Gasteiger partial charge in [0.2, 0.25) is 0 Å². The zero-order chi connectivity index (χ0) is 16.5. The van der Waals surface area contributed by atoms with E-state index in [9.17, 15) is 0 Å². The molecule has 0 radical (unpaired) electrons. The van der Waals surface area contributed by atoms with Crippen molar-refractivity contribution in [3.63, 3.8) is 0 Å². The Bertz CT molecular complexity index is 1050. The molecule has 0 bridgehead atoms. The fraction of sp³-hybridized carbons (Fsp3) is 0.0556. The van der Waals surface area contributed by atoms with Crippen molar-refractivity contribution in [2.75, 3.05) is 11.2 Å². The molecule has 4 rings (SSSR count). The molecule has 6 nitrogen and oxygen atoms in total. The fourth-order valence-corrected chi connectivity index (χ4v) is 2.53. The third kappa shape index (κ3) is 2.44. The van der Waals surface area contributed by atoms with Crippen molar-refractivity contribution < 1.29 is 4.42 Å². The lowest BCUT2D eigenvalue weighted by Gasteiger charge is -2.03. The van der Waals surface area contributed by atoms with Gasteiger partial charge in [0.1, 0.15) is 17.4 Å². The summed E-state index contributed by atoms with van der Waals surface area (Å²) in [4.78, 5) is 8.56. The predicted molar refractivity (Wildman–Crippen MR) is 96.0 cm³/mol. The molecular weight excluding hydrogens is 302 g/mol. The van der Waals surface area contributed by atoms with Crippen LogP contribution in [0.15, 0.2) is 64.4 Å². The summed E-state index contributed by atoms with van der Waals surface area (Å²) in [5.74, 6) is 0.533. The van der Waals surface area contributed by atoms with Gasteiger partial charge in [-0.1, -0.05) is 24.3 Å². The van der Waals surface area contributed by atoms with Gasteiger partial charge in [-0.15, -0.1) is 0 Å². The molecule has 0 amide bonds. The highest BCUT2D eigenvalue weighted by Gasteiger charge is 2.12. The van der Waals surface area contributed by atoms with Crippen LogP contribution in [0.4, 0.5) is 11.5 Å². The van der Waals surface area contributed by atoms with Gasteiger partial charge < -0.3 is 10.2 Å². The number of nitrogens with one attached hydrogen (secondary N) is 1. The van der Waals surface area contributed by atoms with Crippen LogP contribution >= 0.6 is 0 Å². The van der Waals surface area contributed by atoms with Crippen molar-refractivity contribution in [3.8, 4) is 0 Å². The first-order chi connectivity index (χ1) is 11.7. The van der Waals surface area contributed by atoms with Gasteiger partial charge in [0.15, 0.2) is 11.4 Å². The highest BCUT2D eigenvalue weighted by molar-refractivity contribution is 6.05. The largest absolute Gasteiger partial charge is 0.450 e. The van der Waals surface area contributed by atoms with Crippen LogP contribution in [0.1, 0.15) is 12.5 Å². The topological polar surface area (TPSA) is 89.3 Å². The maximum Gasteiger partial charge on any atom is 0.197 e. The number of fused-ring (bicyclic) bond motifs is 3. The molecule has 0 fully saturated rings. The van der Waals surface area contributed by atoms with Gasteiger partial charge in [0.05, 0.1) is 5.71 Å². The van der Waals surface area contributed by atoms with E-state index in [1.807, 2.05) is 55.5 Å². The molecule has 0 atom stereocenters. The zero-order valence-electron chi connectivity index (χ0n) is 13.0. The number of hydrazone groups is 1. The smallest absolute Gasteiger partial charge is 0.197 e. The number of rotatable bonds is 3. The van der Waals surface area contributed by atoms with E-state index in [1.54, 1.807) is 0 Å². The fourth-order valence-electron chi connectivity index (χ4n) is 2.53. The number of furan rings is 1. The number of anilines is 2. The average molecular weight is 317 g/mol. The van der Waals surface area contributed by atoms with E-state index in [-0.39, 0.29) is 0 Å². The molecule has 2 aromatic carbocycles. The van der Waals surface area contributed by atoms with Crippen LogP contribution in [0.2, 0.25) is 0 Å². The third-order valence-electron chi connectivity index (χ3n) is 3.82. The Morgan fingerprint density at radius 1 is 1.08 bits per heavy atom. The number of benzene rings is 2. The molecule has 2 heterocycles. The maximum atomic E-state index is 5.86. The molecule has 0 aliphatic rings. The minimum absolute atomic E-state index is 0.533. The molecule has 0 aliphatic heterocycles. The number of hydrogen-bond donors (Lipinski definition) is 2. The number of aromatic nitrogens is 2. The molecule has 0 unspecified atom stereocenters. The highest BCUT2D eigenvalue weighted by Crippen LogP contribution is 2.30. The van der Waals surface area contributed by atoms with Crippen LogP contribution in [-0.2, 0) is 0 Å². The lowest BCUT2D eigenvalue weighted by Crippen LogP contribution is -2.01. The Balaban J connectivity index is 1.72. The van der Waals surface area contributed by atoms with Crippen molar-refractivity contribution in [1.29, 1.82) is 0 Å². The van der Waals surface area contributed by atoms with Gasteiger partial charge in [0.25, 0.3) is 0 Å². The number of nitrogen functional groups attached to an aromatic ring is 1. The summed E-state index contributed by atoms with van der Waals surface area (Å²) in [6, 6.07) is 15.3. The van der Waals surface area contributed by atoms with Gasteiger partial charge in [-0.05, 0) is 36.8 Å². The lowest BCUT2D eigenvalue weighted by molar-refractivity contribution is 0.667. The number of para-hydroxylation sites is 1. The first-order valence-corrected chi connectivity index (χ1v) is 7.51. The normalized spacial score (nSPS) is 12.0. The summed E-state index contributed by atoms with van der Waals surface area (Å²) >= 11 is 0. The van der Waals surface area contributed by atoms with E-state index in [0.29, 0.717) is 11.4 Å². The monoisotopic (exact) mass is 317 g/mol. The SMILES string of the molecule is C/C(=N/Nc1ncnc2c1oc1ccccc12)c1ccc(N)cc1. The van der Waals surface area contributed by atoms with Gasteiger partial charge in [-0.25, -0.2) is 9.97 Å². The van der Waals surface area contributed by atoms with Crippen molar-refractivity contribution in [2.24, 2.45) is 5.10 Å². The summed E-state index contributed by atoms with van der Waals surface area (Å²) < 4.78 is 5.86. The van der Waals surface area contributed by atoms with Gasteiger partial charge >= 0.3 is 0 Å². The standard InChI is InChI=1S/C18H15N5O/c1-11(12-6-8-13(19)9-7-12)22-23-18-17-16(20-10-21-18)14-4-2-3-5-15(14)24-17/h2-10H,19H2,1H3,(H,20,21,23)/b22-11-. The van der Waals surface area contributed by atoms with Crippen molar-refractivity contribution in [2.45, 2.75) is 6.92 Å². The Morgan fingerprint density at radius 2 is 1.88 bits per heavy atom. The Kier molecular flexibility index (Phi) is 3.35. The van der Waals surface area contributed by atoms with Crippen LogP contribution in [0.25, 0.3) is 22.1 Å². The Labute approximate surface area is 138 Å². The first-order valence-electron chi connectivity index (χ1n) is 7.51. The summed E-state index contributed by atoms with van der Waals surface area (Å²) in [6.45, 7) is 1.91. The molecule has 6 heteroatoms. The van der Waals surface area contributed by atoms with E-state index < -0.39 is 0 Å². The zero-order valence-corrected chi connectivity index (χ0v) is 13.0. The molecule has 0 aliphatic carbocycles. The summed E-state index contributed by atoms with van der Waals surface area (Å²) in [7, 11) is 0. The van der Waals surface area contributed by atoms with Crippen LogP contribution in [-0.4, -0.2) is 15.7 Å². The van der Waals surface area contributed by atoms with E-state index in [0.717, 1.165) is 33.4 Å². The van der Waals surface area contributed by atoms with E-state index in [1.165, 1.54) is 6.33 Å². The van der Waals surface area contributed by atoms with E-state index >= 15 is 0 Å². The number of hydrogen-bond acceptors (Lipinski definition) is 6. The Morgan fingerprint density at radius 3 is 2.71 bits per heavy atom. The highest BCUT2D eigenvalue weighted by atomic mass is 16.3. The lowest BCUT2D eigenvalue weighted by atomic mass is 10.1. The van der Waals surface area contributed by atoms with Crippen LogP contribution in [0, 0.1) is 0 Å². The quantitative estimate of drug-likeness (QED) is 0.341. The molecule has 0 spiro atoms. The molecule has 0 saturated heterocycles. The minimum Gasteiger partial charge on any atom is -0.450 e. The molecular formula is C18H15N5O. The van der Waals surface area contributed by atoms with Crippen molar-refractivity contribution in [1.82, 2.24) is 9.97 Å². The summed E-state index contributed by atoms with van der Waals surface area (Å²) in [5.41, 5.74) is 13.3. The number of nitrogens with two attached hydrogens (primary N) is 1. The van der Waals surface area contributed by atoms with Gasteiger partial charge in [0, 0.05) is 11.1 Å². The van der Waals surface area contributed by atoms with Crippen LogP contribution < -0.4 is 11.2 Å². The van der Waals surface area contributed by atoms with Gasteiger partial charge in [-0.3, -0.25) is 5.43 Å². The molecule has 4 aromatic rings. The maximum absolute atomic E-state index is 5.86.